The average Bonchev–Trinajstić information content (AvgIpc) is 3.04. The van der Waals surface area contributed by atoms with Crippen LogP contribution in [0.4, 0.5) is 5.82 Å². The Morgan fingerprint density at radius 2 is 2.33 bits per heavy atom. The van der Waals surface area contributed by atoms with Crippen LogP contribution in [0.5, 0.6) is 0 Å². The van der Waals surface area contributed by atoms with Gasteiger partial charge in [-0.3, -0.25) is 4.68 Å². The lowest BCUT2D eigenvalue weighted by Crippen LogP contribution is -1.99. The van der Waals surface area contributed by atoms with Gasteiger partial charge in [-0.2, -0.15) is 10.1 Å². The van der Waals surface area contributed by atoms with Crippen LogP contribution in [-0.2, 0) is 6.54 Å². The highest BCUT2D eigenvalue weighted by molar-refractivity contribution is 5.94. The Balaban J connectivity index is 1.94. The maximum atomic E-state index is 8.80. The molecule has 1 aliphatic heterocycles. The van der Waals surface area contributed by atoms with E-state index in [-0.39, 0.29) is 6.61 Å². The van der Waals surface area contributed by atoms with Crippen molar-refractivity contribution in [1.29, 1.82) is 0 Å². The molecule has 2 aromatic rings. The number of aliphatic imine (C=N–C) groups is 1. The number of hydrogen-bond acceptors (Lipinski definition) is 4. The van der Waals surface area contributed by atoms with Crippen molar-refractivity contribution in [2.75, 3.05) is 6.61 Å². The number of hydrogen-bond donors (Lipinski definition) is 1. The Labute approximate surface area is 104 Å². The van der Waals surface area contributed by atoms with E-state index < -0.39 is 0 Å². The van der Waals surface area contributed by atoms with Crippen LogP contribution in [0.3, 0.4) is 0 Å². The highest BCUT2D eigenvalue weighted by atomic mass is 16.3. The van der Waals surface area contributed by atoms with E-state index >= 15 is 0 Å². The smallest absolute Gasteiger partial charge is 0.170 e. The van der Waals surface area contributed by atoms with Crippen LogP contribution >= 0.6 is 0 Å². The van der Waals surface area contributed by atoms with Crippen LogP contribution in [0, 0.1) is 0 Å². The first-order valence-electron chi connectivity index (χ1n) is 5.80. The van der Waals surface area contributed by atoms with Crippen LogP contribution in [0.15, 0.2) is 29.6 Å². The second-order valence-electron chi connectivity index (χ2n) is 4.05. The summed E-state index contributed by atoms with van der Waals surface area (Å²) in [7, 11) is 0. The van der Waals surface area contributed by atoms with Crippen molar-refractivity contribution in [3.8, 4) is 11.1 Å². The molecule has 3 heterocycles. The normalized spacial score (nSPS) is 12.1. The van der Waals surface area contributed by atoms with Crippen molar-refractivity contribution < 1.29 is 5.11 Å². The summed E-state index contributed by atoms with van der Waals surface area (Å²) >= 11 is 0. The van der Waals surface area contributed by atoms with Gasteiger partial charge in [-0.1, -0.05) is 0 Å². The quantitative estimate of drug-likeness (QED) is 0.754. The van der Waals surface area contributed by atoms with Crippen molar-refractivity contribution in [2.45, 2.75) is 13.0 Å². The maximum absolute atomic E-state index is 8.80. The van der Waals surface area contributed by atoms with E-state index in [4.69, 9.17) is 5.11 Å². The van der Waals surface area contributed by atoms with Gasteiger partial charge in [-0.25, -0.2) is 4.98 Å². The van der Waals surface area contributed by atoms with Gasteiger partial charge in [0.2, 0.25) is 0 Å². The lowest BCUT2D eigenvalue weighted by molar-refractivity contribution is 0.277. The van der Waals surface area contributed by atoms with E-state index in [1.807, 2.05) is 29.2 Å². The molecule has 1 aliphatic rings. The largest absolute Gasteiger partial charge is 0.396 e. The van der Waals surface area contributed by atoms with Gasteiger partial charge in [0, 0.05) is 42.7 Å². The van der Waals surface area contributed by atoms with Gasteiger partial charge in [0.1, 0.15) is 0 Å². The molecule has 0 amide bonds. The number of aromatic nitrogens is 3. The summed E-state index contributed by atoms with van der Waals surface area (Å²) in [6.07, 6.45) is 8.07. The van der Waals surface area contributed by atoms with Crippen LogP contribution in [-0.4, -0.2) is 32.3 Å². The monoisotopic (exact) mass is 240 g/mol. The van der Waals surface area contributed by atoms with E-state index in [9.17, 15) is 0 Å². The van der Waals surface area contributed by atoms with E-state index in [1.54, 1.807) is 6.20 Å². The third-order valence-electron chi connectivity index (χ3n) is 2.84. The first-order chi connectivity index (χ1) is 8.88. The molecule has 0 bridgehead atoms. The van der Waals surface area contributed by atoms with Crippen molar-refractivity contribution in [3.63, 3.8) is 0 Å². The maximum Gasteiger partial charge on any atom is 0.170 e. The Morgan fingerprint density at radius 3 is 3.22 bits per heavy atom. The number of rotatable bonds is 4. The van der Waals surface area contributed by atoms with Crippen molar-refractivity contribution in [3.05, 3.63) is 30.2 Å². The molecule has 3 rings (SSSR count). The second-order valence-corrected chi connectivity index (χ2v) is 4.05. The highest BCUT2D eigenvalue weighted by Gasteiger charge is 2.12. The summed E-state index contributed by atoms with van der Waals surface area (Å²) in [5.74, 6) is 3.52. The van der Waals surface area contributed by atoms with Crippen molar-refractivity contribution in [2.24, 2.45) is 4.99 Å². The molecule has 0 spiro atoms. The third kappa shape index (κ3) is 1.86. The summed E-state index contributed by atoms with van der Waals surface area (Å²) in [6, 6.07) is 1.95. The molecule has 2 aromatic heterocycles. The van der Waals surface area contributed by atoms with Gasteiger partial charge >= 0.3 is 0 Å². The Morgan fingerprint density at radius 1 is 1.39 bits per heavy atom. The van der Waals surface area contributed by atoms with Crippen molar-refractivity contribution in [1.82, 2.24) is 14.8 Å². The Bertz CT molecular complexity index is 638. The number of aryl methyl sites for hydroxylation is 1. The Kier molecular flexibility index (Phi) is 2.76. The van der Waals surface area contributed by atoms with Crippen LogP contribution in [0.25, 0.3) is 17.2 Å². The molecule has 0 aliphatic carbocycles. The fourth-order valence-electron chi connectivity index (χ4n) is 1.96. The summed E-state index contributed by atoms with van der Waals surface area (Å²) in [5, 5.41) is 13.1. The minimum absolute atomic E-state index is 0.177. The van der Waals surface area contributed by atoms with Gasteiger partial charge in [0.05, 0.1) is 6.20 Å². The SMILES string of the molecule is OCCCn1cc(-c2ccnc3c2C=C=N3)cn1. The molecule has 1 N–H and O–H groups in total. The molecule has 0 saturated carbocycles. The number of pyridine rings is 1. The highest BCUT2D eigenvalue weighted by Crippen LogP contribution is 2.31. The van der Waals surface area contributed by atoms with Gasteiger partial charge in [-0.15, -0.1) is 0 Å². The number of nitrogens with zero attached hydrogens (tertiary/aromatic N) is 4. The molecule has 18 heavy (non-hydrogen) atoms. The van der Waals surface area contributed by atoms with Crippen molar-refractivity contribution >= 4 is 17.8 Å². The molecule has 0 unspecified atom stereocenters. The first-order valence-corrected chi connectivity index (χ1v) is 5.80. The topological polar surface area (TPSA) is 63.3 Å². The summed E-state index contributed by atoms with van der Waals surface area (Å²) in [6.45, 7) is 0.895. The lowest BCUT2D eigenvalue weighted by atomic mass is 10.1. The summed E-state index contributed by atoms with van der Waals surface area (Å²) in [4.78, 5) is 8.25. The fraction of sp³-hybridized carbons (Fsp3) is 0.231. The van der Waals surface area contributed by atoms with E-state index in [1.165, 1.54) is 0 Å². The minimum Gasteiger partial charge on any atom is -0.396 e. The third-order valence-corrected chi connectivity index (χ3v) is 2.84. The van der Waals surface area contributed by atoms with Gasteiger partial charge in [0.25, 0.3) is 0 Å². The van der Waals surface area contributed by atoms with E-state index in [0.29, 0.717) is 12.2 Å². The molecule has 0 atom stereocenters. The molecule has 90 valence electrons. The minimum atomic E-state index is 0.177. The lowest BCUT2D eigenvalue weighted by Gasteiger charge is -2.02. The van der Waals surface area contributed by atoms with E-state index in [2.05, 4.69) is 20.9 Å². The summed E-state index contributed by atoms with van der Waals surface area (Å²) < 4.78 is 1.83. The molecule has 5 heteroatoms. The molecular formula is C13H12N4O. The fourth-order valence-corrected chi connectivity index (χ4v) is 1.96. The van der Waals surface area contributed by atoms with Crippen LogP contribution in [0.2, 0.25) is 0 Å². The summed E-state index contributed by atoms with van der Waals surface area (Å²) in [5.41, 5.74) is 3.07. The Hall–Kier alpha value is -2.23. The molecule has 0 aromatic carbocycles. The zero-order chi connectivity index (χ0) is 12.4. The second kappa shape index (κ2) is 4.56. The zero-order valence-electron chi connectivity index (χ0n) is 9.74. The predicted molar refractivity (Wildman–Crippen MR) is 68.7 cm³/mol. The van der Waals surface area contributed by atoms with Crippen LogP contribution in [0.1, 0.15) is 12.0 Å². The average molecular weight is 240 g/mol. The number of aliphatic hydroxyl groups excluding tert-OH is 1. The molecule has 0 fully saturated rings. The van der Waals surface area contributed by atoms with Gasteiger partial charge in [0.15, 0.2) is 5.82 Å². The first kappa shape index (κ1) is 10.9. The molecule has 5 nitrogen and oxygen atoms in total. The van der Waals surface area contributed by atoms with Gasteiger partial charge in [-0.05, 0) is 23.9 Å². The van der Waals surface area contributed by atoms with E-state index in [0.717, 1.165) is 23.2 Å². The zero-order valence-corrected chi connectivity index (χ0v) is 9.74. The molecular weight excluding hydrogens is 228 g/mol. The number of fused-ring (bicyclic) bond motifs is 1. The number of aliphatic hydroxyl groups is 1. The standard InChI is InChI=1S/C13H12N4O/c18-7-1-6-17-9-10(8-16-17)11-2-4-14-13-12(11)3-5-15-13/h2-4,8-9,18H,1,6-7H2. The van der Waals surface area contributed by atoms with Crippen LogP contribution < -0.4 is 0 Å². The molecule has 0 saturated heterocycles. The van der Waals surface area contributed by atoms with Gasteiger partial charge < -0.3 is 5.11 Å². The molecule has 0 radical (unpaired) electrons. The predicted octanol–water partition coefficient (Wildman–Crippen LogP) is 1.66.